The molecule has 0 radical (unpaired) electrons. The first-order valence-corrected chi connectivity index (χ1v) is 5.40. The number of aryl methyl sites for hydroxylation is 1. The van der Waals surface area contributed by atoms with E-state index in [0.29, 0.717) is 11.1 Å². The van der Waals surface area contributed by atoms with Gasteiger partial charge in [0.2, 0.25) is 0 Å². The summed E-state index contributed by atoms with van der Waals surface area (Å²) in [5, 5.41) is 0. The van der Waals surface area contributed by atoms with Gasteiger partial charge in [-0.05, 0) is 24.1 Å². The molecule has 0 aliphatic heterocycles. The molecule has 0 aromatic heterocycles. The zero-order valence-electron chi connectivity index (χ0n) is 10.6. The van der Waals surface area contributed by atoms with Crippen LogP contribution >= 0.6 is 0 Å². The highest BCUT2D eigenvalue weighted by atomic mass is 19.1. The van der Waals surface area contributed by atoms with Crippen LogP contribution in [-0.4, -0.2) is 19.1 Å². The Morgan fingerprint density at radius 3 is 2.53 bits per heavy atom. The van der Waals surface area contributed by atoms with Gasteiger partial charge in [0.25, 0.3) is 0 Å². The molecular weight excluding hydrogens is 221 g/mol. The van der Waals surface area contributed by atoms with Gasteiger partial charge < -0.3 is 10.5 Å². The molecule has 0 amide bonds. The Morgan fingerprint density at radius 1 is 1.47 bits per heavy atom. The topological polar surface area (TPSA) is 52.3 Å². The number of rotatable bonds is 3. The maximum Gasteiger partial charge on any atom is 0.323 e. The largest absolute Gasteiger partial charge is 0.468 e. The van der Waals surface area contributed by atoms with Crippen LogP contribution in [0.5, 0.6) is 0 Å². The van der Waals surface area contributed by atoms with Crippen molar-refractivity contribution in [2.24, 2.45) is 5.73 Å². The third-order valence-corrected chi connectivity index (χ3v) is 3.15. The van der Waals surface area contributed by atoms with Crippen molar-refractivity contribution in [2.75, 3.05) is 7.11 Å². The summed E-state index contributed by atoms with van der Waals surface area (Å²) in [4.78, 5) is 11.4. The minimum Gasteiger partial charge on any atom is -0.468 e. The Morgan fingerprint density at radius 2 is 2.06 bits per heavy atom. The first kappa shape index (κ1) is 13.6. The van der Waals surface area contributed by atoms with Crippen molar-refractivity contribution in [1.29, 1.82) is 0 Å². The van der Waals surface area contributed by atoms with Gasteiger partial charge in [0.15, 0.2) is 0 Å². The number of halogens is 1. The van der Waals surface area contributed by atoms with Crippen LogP contribution in [-0.2, 0) is 14.9 Å². The van der Waals surface area contributed by atoms with Gasteiger partial charge in [-0.3, -0.25) is 4.79 Å². The van der Waals surface area contributed by atoms with E-state index in [-0.39, 0.29) is 5.82 Å². The van der Waals surface area contributed by atoms with E-state index in [1.807, 2.05) is 0 Å². The van der Waals surface area contributed by atoms with E-state index in [1.165, 1.54) is 13.2 Å². The number of nitrogens with two attached hydrogens (primary N) is 1. The SMILES string of the molecule is COC(=O)C(N)C(C)(C)c1ccc(C)c(F)c1. The van der Waals surface area contributed by atoms with E-state index >= 15 is 0 Å². The molecule has 1 aromatic rings. The average molecular weight is 239 g/mol. The predicted molar refractivity (Wildman–Crippen MR) is 64.2 cm³/mol. The van der Waals surface area contributed by atoms with Gasteiger partial charge in [0.05, 0.1) is 7.11 Å². The quantitative estimate of drug-likeness (QED) is 0.820. The molecule has 4 heteroatoms. The Bertz CT molecular complexity index is 429. The third-order valence-electron chi connectivity index (χ3n) is 3.15. The Kier molecular flexibility index (Phi) is 3.88. The molecule has 1 rings (SSSR count). The van der Waals surface area contributed by atoms with Crippen LogP contribution < -0.4 is 5.73 Å². The zero-order valence-corrected chi connectivity index (χ0v) is 10.6. The summed E-state index contributed by atoms with van der Waals surface area (Å²) in [6.07, 6.45) is 0. The minimum absolute atomic E-state index is 0.298. The van der Waals surface area contributed by atoms with Gasteiger partial charge in [-0.1, -0.05) is 26.0 Å². The molecule has 0 saturated carbocycles. The molecule has 0 saturated heterocycles. The van der Waals surface area contributed by atoms with Crippen molar-refractivity contribution < 1.29 is 13.9 Å². The van der Waals surface area contributed by atoms with E-state index in [2.05, 4.69) is 4.74 Å². The summed E-state index contributed by atoms with van der Waals surface area (Å²) in [5.41, 5.74) is 6.39. The first-order valence-electron chi connectivity index (χ1n) is 5.40. The molecule has 0 fully saturated rings. The highest BCUT2D eigenvalue weighted by Crippen LogP contribution is 2.28. The summed E-state index contributed by atoms with van der Waals surface area (Å²) < 4.78 is 18.1. The standard InChI is InChI=1S/C13H18FNO2/c1-8-5-6-9(7-10(8)14)13(2,3)11(15)12(16)17-4/h5-7,11H,15H2,1-4H3. The lowest BCUT2D eigenvalue weighted by atomic mass is 9.78. The first-order chi connectivity index (χ1) is 7.80. The second kappa shape index (κ2) is 4.84. The molecular formula is C13H18FNO2. The summed E-state index contributed by atoms with van der Waals surface area (Å²) in [5.74, 6) is -0.802. The highest BCUT2D eigenvalue weighted by molar-refractivity contribution is 5.77. The van der Waals surface area contributed by atoms with E-state index in [1.54, 1.807) is 32.9 Å². The van der Waals surface area contributed by atoms with Gasteiger partial charge in [0, 0.05) is 5.41 Å². The molecule has 0 aliphatic rings. The molecule has 0 heterocycles. The van der Waals surface area contributed by atoms with Crippen LogP contribution in [0.2, 0.25) is 0 Å². The second-order valence-corrected chi connectivity index (χ2v) is 4.69. The van der Waals surface area contributed by atoms with Crippen molar-refractivity contribution in [3.05, 3.63) is 35.1 Å². The molecule has 0 bridgehead atoms. The van der Waals surface area contributed by atoms with Crippen molar-refractivity contribution in [2.45, 2.75) is 32.2 Å². The highest BCUT2D eigenvalue weighted by Gasteiger charge is 2.34. The number of esters is 1. The molecule has 1 aromatic carbocycles. The van der Waals surface area contributed by atoms with Crippen molar-refractivity contribution in [1.82, 2.24) is 0 Å². The molecule has 94 valence electrons. The summed E-state index contributed by atoms with van der Waals surface area (Å²) in [6, 6.07) is 4.05. The number of carbonyl (C=O) groups is 1. The number of methoxy groups -OCH3 is 1. The van der Waals surface area contributed by atoms with Gasteiger partial charge in [-0.15, -0.1) is 0 Å². The van der Waals surface area contributed by atoms with Gasteiger partial charge >= 0.3 is 5.97 Å². The summed E-state index contributed by atoms with van der Waals surface area (Å²) >= 11 is 0. The van der Waals surface area contributed by atoms with Crippen molar-refractivity contribution in [3.8, 4) is 0 Å². The van der Waals surface area contributed by atoms with Crippen molar-refractivity contribution >= 4 is 5.97 Å². The fraction of sp³-hybridized carbons (Fsp3) is 0.462. The van der Waals surface area contributed by atoms with E-state index < -0.39 is 17.4 Å². The van der Waals surface area contributed by atoms with Gasteiger partial charge in [-0.25, -0.2) is 4.39 Å². The maximum atomic E-state index is 13.5. The van der Waals surface area contributed by atoms with Crippen LogP contribution in [0.15, 0.2) is 18.2 Å². The van der Waals surface area contributed by atoms with Crippen molar-refractivity contribution in [3.63, 3.8) is 0 Å². The summed E-state index contributed by atoms with van der Waals surface area (Å²) in [6.45, 7) is 5.27. The zero-order chi connectivity index (χ0) is 13.2. The minimum atomic E-state index is -0.824. The normalized spacial score (nSPS) is 13.3. The van der Waals surface area contributed by atoms with E-state index in [0.717, 1.165) is 0 Å². The van der Waals surface area contributed by atoms with Crippen LogP contribution in [0, 0.1) is 12.7 Å². The van der Waals surface area contributed by atoms with Crippen LogP contribution in [0.1, 0.15) is 25.0 Å². The number of carbonyl (C=O) groups excluding carboxylic acids is 1. The van der Waals surface area contributed by atoms with Crippen LogP contribution in [0.3, 0.4) is 0 Å². The lowest BCUT2D eigenvalue weighted by Gasteiger charge is -2.30. The van der Waals surface area contributed by atoms with Crippen LogP contribution in [0.25, 0.3) is 0 Å². The van der Waals surface area contributed by atoms with Crippen LogP contribution in [0.4, 0.5) is 4.39 Å². The molecule has 3 nitrogen and oxygen atoms in total. The number of hydrogen-bond donors (Lipinski definition) is 1. The predicted octanol–water partition coefficient (Wildman–Crippen LogP) is 1.91. The number of ether oxygens (including phenoxy) is 1. The molecule has 17 heavy (non-hydrogen) atoms. The smallest absolute Gasteiger partial charge is 0.323 e. The second-order valence-electron chi connectivity index (χ2n) is 4.69. The fourth-order valence-corrected chi connectivity index (χ4v) is 1.59. The Balaban J connectivity index is 3.11. The maximum absolute atomic E-state index is 13.5. The Labute approximate surface area is 101 Å². The lowest BCUT2D eigenvalue weighted by molar-refractivity contribution is -0.143. The van der Waals surface area contributed by atoms with Gasteiger partial charge in [-0.2, -0.15) is 0 Å². The fourth-order valence-electron chi connectivity index (χ4n) is 1.59. The van der Waals surface area contributed by atoms with E-state index in [9.17, 15) is 9.18 Å². The van der Waals surface area contributed by atoms with Gasteiger partial charge in [0.1, 0.15) is 11.9 Å². The number of hydrogen-bond acceptors (Lipinski definition) is 3. The molecule has 2 N–H and O–H groups in total. The monoisotopic (exact) mass is 239 g/mol. The lowest BCUT2D eigenvalue weighted by Crippen LogP contribution is -2.47. The molecule has 0 aliphatic carbocycles. The average Bonchev–Trinajstić information content (AvgIpc) is 2.30. The molecule has 1 unspecified atom stereocenters. The molecule has 1 atom stereocenters. The molecule has 0 spiro atoms. The number of benzene rings is 1. The Hall–Kier alpha value is -1.42. The summed E-state index contributed by atoms with van der Waals surface area (Å²) in [7, 11) is 1.29. The third kappa shape index (κ3) is 2.64. The van der Waals surface area contributed by atoms with E-state index in [4.69, 9.17) is 5.73 Å².